The van der Waals surface area contributed by atoms with Crippen molar-refractivity contribution >= 4 is 23.4 Å². The second kappa shape index (κ2) is 5.01. The van der Waals surface area contributed by atoms with Crippen LogP contribution in [-0.2, 0) is 4.74 Å². The van der Waals surface area contributed by atoms with Crippen LogP contribution in [0.2, 0.25) is 5.02 Å². The molecule has 1 aliphatic rings. The molecule has 0 aromatic carbocycles. The van der Waals surface area contributed by atoms with Crippen molar-refractivity contribution in [2.75, 3.05) is 12.4 Å². The minimum atomic E-state index is -0.290. The molecule has 1 unspecified atom stereocenters. The molecule has 1 atom stereocenters. The summed E-state index contributed by atoms with van der Waals surface area (Å²) in [7, 11) is 0. The van der Waals surface area contributed by atoms with Crippen molar-refractivity contribution in [2.45, 2.75) is 24.0 Å². The van der Waals surface area contributed by atoms with Crippen molar-refractivity contribution in [2.24, 2.45) is 0 Å². The fraction of sp³-hybridized carbons (Fsp3) is 0.556. The maximum Gasteiger partial charge on any atom is 0.270 e. The van der Waals surface area contributed by atoms with Crippen LogP contribution in [0.4, 0.5) is 0 Å². The number of halogens is 1. The third-order valence-corrected chi connectivity index (χ3v) is 3.78. The van der Waals surface area contributed by atoms with Gasteiger partial charge in [-0.25, -0.2) is 4.98 Å². The maximum atomic E-state index is 11.2. The first-order valence-electron chi connectivity index (χ1n) is 4.75. The molecule has 82 valence electrons. The lowest BCUT2D eigenvalue weighted by molar-refractivity contribution is 0.129. The summed E-state index contributed by atoms with van der Waals surface area (Å²) in [6.07, 6.45) is 3.83. The number of thioether (sulfide) groups is 1. The Morgan fingerprint density at radius 3 is 3.33 bits per heavy atom. The van der Waals surface area contributed by atoms with Gasteiger partial charge in [0.15, 0.2) is 0 Å². The van der Waals surface area contributed by atoms with E-state index >= 15 is 0 Å². The molecule has 0 radical (unpaired) electrons. The molecule has 15 heavy (non-hydrogen) atoms. The van der Waals surface area contributed by atoms with Crippen LogP contribution in [0.3, 0.4) is 0 Å². The fourth-order valence-electron chi connectivity index (χ4n) is 1.41. The third-order valence-electron chi connectivity index (χ3n) is 2.19. The minimum Gasteiger partial charge on any atom is -0.377 e. The van der Waals surface area contributed by atoms with Gasteiger partial charge in [0.2, 0.25) is 0 Å². The summed E-state index contributed by atoms with van der Waals surface area (Å²) in [5, 5.41) is 0.747. The molecule has 1 saturated heterocycles. The van der Waals surface area contributed by atoms with Crippen LogP contribution in [0.5, 0.6) is 0 Å². The van der Waals surface area contributed by atoms with Gasteiger partial charge in [0.25, 0.3) is 5.56 Å². The van der Waals surface area contributed by atoms with Gasteiger partial charge in [-0.05, 0) is 12.8 Å². The molecule has 0 amide bonds. The van der Waals surface area contributed by atoms with Crippen molar-refractivity contribution in [3.05, 3.63) is 21.7 Å². The normalized spacial score (nSPS) is 20.7. The van der Waals surface area contributed by atoms with Gasteiger partial charge >= 0.3 is 0 Å². The van der Waals surface area contributed by atoms with Crippen LogP contribution in [-0.4, -0.2) is 28.4 Å². The summed E-state index contributed by atoms with van der Waals surface area (Å²) in [6.45, 7) is 0.835. The SMILES string of the molecule is O=c1[nH]cnc(SCC2CCCO2)c1Cl. The Labute approximate surface area is 96.4 Å². The van der Waals surface area contributed by atoms with Crippen LogP contribution in [0.15, 0.2) is 16.1 Å². The average Bonchev–Trinajstić information content (AvgIpc) is 2.73. The molecule has 0 spiro atoms. The number of nitrogens with one attached hydrogen (secondary N) is 1. The number of hydrogen-bond acceptors (Lipinski definition) is 4. The summed E-state index contributed by atoms with van der Waals surface area (Å²) in [5.74, 6) is 0.802. The van der Waals surface area contributed by atoms with E-state index in [0.717, 1.165) is 25.2 Å². The summed E-state index contributed by atoms with van der Waals surface area (Å²) >= 11 is 7.28. The molecule has 1 aromatic rings. The van der Waals surface area contributed by atoms with Crippen LogP contribution >= 0.6 is 23.4 Å². The Hall–Kier alpha value is -0.520. The van der Waals surface area contributed by atoms with E-state index in [0.29, 0.717) is 5.03 Å². The van der Waals surface area contributed by atoms with Crippen molar-refractivity contribution in [1.82, 2.24) is 9.97 Å². The lowest BCUT2D eigenvalue weighted by Crippen LogP contribution is -2.11. The topological polar surface area (TPSA) is 55.0 Å². The minimum absolute atomic E-state index is 0.167. The van der Waals surface area contributed by atoms with Crippen molar-refractivity contribution in [1.29, 1.82) is 0 Å². The molecule has 1 aromatic heterocycles. The first-order chi connectivity index (χ1) is 7.27. The molecular weight excluding hydrogens is 236 g/mol. The van der Waals surface area contributed by atoms with E-state index in [4.69, 9.17) is 16.3 Å². The zero-order valence-electron chi connectivity index (χ0n) is 8.03. The standard InChI is InChI=1S/C9H11ClN2O2S/c10-7-8(13)11-5-12-9(7)15-4-6-2-1-3-14-6/h5-6H,1-4H2,(H,11,12,13). The van der Waals surface area contributed by atoms with Crippen molar-refractivity contribution in [3.63, 3.8) is 0 Å². The molecule has 2 rings (SSSR count). The van der Waals surface area contributed by atoms with Gasteiger partial charge < -0.3 is 9.72 Å². The summed E-state index contributed by atoms with van der Waals surface area (Å²) in [5.41, 5.74) is -0.290. The molecule has 0 saturated carbocycles. The van der Waals surface area contributed by atoms with Gasteiger partial charge in [-0.1, -0.05) is 11.6 Å². The quantitative estimate of drug-likeness (QED) is 0.652. The van der Waals surface area contributed by atoms with Gasteiger partial charge in [-0.3, -0.25) is 4.79 Å². The van der Waals surface area contributed by atoms with E-state index in [2.05, 4.69) is 9.97 Å². The molecule has 6 heteroatoms. The highest BCUT2D eigenvalue weighted by molar-refractivity contribution is 7.99. The number of ether oxygens (including phenoxy) is 1. The smallest absolute Gasteiger partial charge is 0.270 e. The lowest BCUT2D eigenvalue weighted by atomic mass is 10.3. The fourth-order valence-corrected chi connectivity index (χ4v) is 2.64. The zero-order chi connectivity index (χ0) is 10.7. The average molecular weight is 247 g/mol. The number of aromatic nitrogens is 2. The van der Waals surface area contributed by atoms with Crippen LogP contribution < -0.4 is 5.56 Å². The van der Waals surface area contributed by atoms with E-state index in [-0.39, 0.29) is 16.7 Å². The molecule has 1 aliphatic heterocycles. The van der Waals surface area contributed by atoms with Gasteiger partial charge in [0.1, 0.15) is 10.0 Å². The Balaban J connectivity index is 1.98. The maximum absolute atomic E-state index is 11.2. The number of hydrogen-bond donors (Lipinski definition) is 1. The Kier molecular flexibility index (Phi) is 3.66. The highest BCUT2D eigenvalue weighted by atomic mass is 35.5. The largest absolute Gasteiger partial charge is 0.377 e. The second-order valence-electron chi connectivity index (χ2n) is 3.30. The van der Waals surface area contributed by atoms with Crippen LogP contribution in [0.25, 0.3) is 0 Å². The van der Waals surface area contributed by atoms with Gasteiger partial charge in [0, 0.05) is 12.4 Å². The van der Waals surface area contributed by atoms with Gasteiger partial charge in [-0.15, -0.1) is 11.8 Å². The first kappa shape index (κ1) is 11.0. The Bertz CT molecular complexity index is 390. The van der Waals surface area contributed by atoms with E-state index in [1.807, 2.05) is 0 Å². The molecule has 2 heterocycles. The van der Waals surface area contributed by atoms with Crippen molar-refractivity contribution in [3.8, 4) is 0 Å². The summed E-state index contributed by atoms with van der Waals surface area (Å²) in [4.78, 5) is 17.6. The number of rotatable bonds is 3. The highest BCUT2D eigenvalue weighted by Gasteiger charge is 2.17. The highest BCUT2D eigenvalue weighted by Crippen LogP contribution is 2.25. The summed E-state index contributed by atoms with van der Waals surface area (Å²) < 4.78 is 5.47. The molecule has 0 aliphatic carbocycles. The van der Waals surface area contributed by atoms with Gasteiger partial charge in [-0.2, -0.15) is 0 Å². The third kappa shape index (κ3) is 2.74. The lowest BCUT2D eigenvalue weighted by Gasteiger charge is -2.08. The predicted molar refractivity (Wildman–Crippen MR) is 59.6 cm³/mol. The Morgan fingerprint density at radius 2 is 2.60 bits per heavy atom. The number of nitrogens with zero attached hydrogens (tertiary/aromatic N) is 1. The number of aromatic amines is 1. The molecule has 1 N–H and O–H groups in total. The van der Waals surface area contributed by atoms with E-state index in [1.165, 1.54) is 18.1 Å². The Morgan fingerprint density at radius 1 is 1.73 bits per heavy atom. The second-order valence-corrected chi connectivity index (χ2v) is 4.68. The zero-order valence-corrected chi connectivity index (χ0v) is 9.61. The van der Waals surface area contributed by atoms with Crippen LogP contribution in [0, 0.1) is 0 Å². The van der Waals surface area contributed by atoms with E-state index in [1.54, 1.807) is 0 Å². The monoisotopic (exact) mass is 246 g/mol. The number of H-pyrrole nitrogens is 1. The van der Waals surface area contributed by atoms with Crippen LogP contribution in [0.1, 0.15) is 12.8 Å². The predicted octanol–water partition coefficient (Wildman–Crippen LogP) is 1.69. The molecule has 4 nitrogen and oxygen atoms in total. The van der Waals surface area contributed by atoms with Crippen molar-refractivity contribution < 1.29 is 4.74 Å². The van der Waals surface area contributed by atoms with E-state index < -0.39 is 0 Å². The van der Waals surface area contributed by atoms with E-state index in [9.17, 15) is 4.79 Å². The molecule has 0 bridgehead atoms. The van der Waals surface area contributed by atoms with Gasteiger partial charge in [0.05, 0.1) is 12.4 Å². The first-order valence-corrected chi connectivity index (χ1v) is 6.11. The molecular formula is C9H11ClN2O2S. The molecule has 1 fully saturated rings. The summed E-state index contributed by atoms with van der Waals surface area (Å²) in [6, 6.07) is 0.